The van der Waals surface area contributed by atoms with Crippen LogP contribution >= 0.6 is 0 Å². The van der Waals surface area contributed by atoms with Crippen LogP contribution in [0.4, 0.5) is 5.69 Å². The highest BCUT2D eigenvalue weighted by Gasteiger charge is 2.22. The van der Waals surface area contributed by atoms with Crippen LogP contribution in [-0.4, -0.2) is 16.9 Å². The van der Waals surface area contributed by atoms with E-state index in [1.54, 1.807) is 11.8 Å². The van der Waals surface area contributed by atoms with Crippen molar-refractivity contribution in [3.8, 4) is 5.88 Å². The van der Waals surface area contributed by atoms with E-state index in [-0.39, 0.29) is 5.54 Å². The van der Waals surface area contributed by atoms with E-state index in [1.807, 2.05) is 6.92 Å². The first-order chi connectivity index (χ1) is 5.88. The summed E-state index contributed by atoms with van der Waals surface area (Å²) in [7, 11) is 1.61. The number of hydrogen-bond acceptors (Lipinski definition) is 3. The monoisotopic (exact) mass is 183 g/mol. The molecule has 0 atom stereocenters. The normalized spacial score (nSPS) is 11.8. The Hall–Kier alpha value is -1.19. The third-order valence-electron chi connectivity index (χ3n) is 1.89. The molecule has 1 aromatic rings. The lowest BCUT2D eigenvalue weighted by atomic mass is 10.1. The summed E-state index contributed by atoms with van der Waals surface area (Å²) >= 11 is 0. The average Bonchev–Trinajstić information content (AvgIpc) is 2.28. The van der Waals surface area contributed by atoms with E-state index in [1.165, 1.54) is 0 Å². The molecular formula is C9H17N3O. The fourth-order valence-electron chi connectivity index (χ4n) is 1.17. The standard InChI is InChI=1S/C9H17N3O/c1-6-7(10)8(13-5)12(11-6)9(2,3)4/h10H2,1-5H3. The Balaban J connectivity index is 3.30. The lowest BCUT2D eigenvalue weighted by molar-refractivity contribution is 0.283. The largest absolute Gasteiger partial charge is 0.480 e. The fraction of sp³-hybridized carbons (Fsp3) is 0.667. The van der Waals surface area contributed by atoms with Gasteiger partial charge in [-0.2, -0.15) is 5.10 Å². The van der Waals surface area contributed by atoms with Gasteiger partial charge in [-0.3, -0.25) is 0 Å². The second-order valence-corrected chi connectivity index (χ2v) is 4.09. The molecule has 0 aliphatic carbocycles. The van der Waals surface area contributed by atoms with E-state index < -0.39 is 0 Å². The van der Waals surface area contributed by atoms with Crippen LogP contribution in [-0.2, 0) is 5.54 Å². The van der Waals surface area contributed by atoms with Crippen molar-refractivity contribution in [2.75, 3.05) is 12.8 Å². The van der Waals surface area contributed by atoms with Gasteiger partial charge in [0.25, 0.3) is 0 Å². The smallest absolute Gasteiger partial charge is 0.236 e. The molecule has 4 heteroatoms. The summed E-state index contributed by atoms with van der Waals surface area (Å²) in [5.41, 5.74) is 7.13. The molecule has 1 aromatic heterocycles. The number of nitrogen functional groups attached to an aromatic ring is 1. The summed E-state index contributed by atoms with van der Waals surface area (Å²) in [6, 6.07) is 0. The molecule has 0 saturated heterocycles. The number of anilines is 1. The fourth-order valence-corrected chi connectivity index (χ4v) is 1.17. The van der Waals surface area contributed by atoms with Crippen molar-refractivity contribution in [2.45, 2.75) is 33.2 Å². The molecule has 0 fully saturated rings. The molecule has 0 aliphatic rings. The lowest BCUT2D eigenvalue weighted by Gasteiger charge is -2.21. The van der Waals surface area contributed by atoms with Gasteiger partial charge >= 0.3 is 0 Å². The molecule has 1 rings (SSSR count). The molecule has 0 amide bonds. The van der Waals surface area contributed by atoms with Gasteiger partial charge in [0, 0.05) is 0 Å². The Labute approximate surface area is 78.7 Å². The molecule has 0 radical (unpaired) electrons. The lowest BCUT2D eigenvalue weighted by Crippen LogP contribution is -2.23. The Morgan fingerprint density at radius 1 is 1.38 bits per heavy atom. The highest BCUT2D eigenvalue weighted by molar-refractivity contribution is 5.52. The van der Waals surface area contributed by atoms with Crippen LogP contribution in [0.3, 0.4) is 0 Å². The minimum Gasteiger partial charge on any atom is -0.480 e. The van der Waals surface area contributed by atoms with Crippen molar-refractivity contribution in [2.24, 2.45) is 0 Å². The topological polar surface area (TPSA) is 53.1 Å². The van der Waals surface area contributed by atoms with E-state index in [0.29, 0.717) is 11.6 Å². The van der Waals surface area contributed by atoms with Crippen LogP contribution in [0.2, 0.25) is 0 Å². The summed E-state index contributed by atoms with van der Waals surface area (Å²) in [5, 5.41) is 4.32. The van der Waals surface area contributed by atoms with E-state index >= 15 is 0 Å². The van der Waals surface area contributed by atoms with E-state index in [4.69, 9.17) is 10.5 Å². The van der Waals surface area contributed by atoms with Crippen LogP contribution in [0.1, 0.15) is 26.5 Å². The van der Waals surface area contributed by atoms with Crippen molar-refractivity contribution in [1.82, 2.24) is 9.78 Å². The van der Waals surface area contributed by atoms with Crippen molar-refractivity contribution >= 4 is 5.69 Å². The van der Waals surface area contributed by atoms with Gasteiger partial charge in [-0.15, -0.1) is 0 Å². The predicted molar refractivity (Wildman–Crippen MR) is 52.9 cm³/mol. The van der Waals surface area contributed by atoms with Gasteiger partial charge in [-0.25, -0.2) is 4.68 Å². The number of rotatable bonds is 1. The molecule has 13 heavy (non-hydrogen) atoms. The molecule has 0 spiro atoms. The molecule has 0 aromatic carbocycles. The maximum absolute atomic E-state index is 5.80. The third-order valence-corrected chi connectivity index (χ3v) is 1.89. The zero-order valence-corrected chi connectivity index (χ0v) is 8.88. The Bertz CT molecular complexity index is 309. The second kappa shape index (κ2) is 2.94. The highest BCUT2D eigenvalue weighted by atomic mass is 16.5. The summed E-state index contributed by atoms with van der Waals surface area (Å²) in [4.78, 5) is 0. The highest BCUT2D eigenvalue weighted by Crippen LogP contribution is 2.29. The molecule has 0 unspecified atom stereocenters. The van der Waals surface area contributed by atoms with Gasteiger partial charge in [-0.1, -0.05) is 0 Å². The molecule has 0 aliphatic heterocycles. The summed E-state index contributed by atoms with van der Waals surface area (Å²) in [6.07, 6.45) is 0. The van der Waals surface area contributed by atoms with Crippen LogP contribution in [0.5, 0.6) is 5.88 Å². The second-order valence-electron chi connectivity index (χ2n) is 4.09. The number of methoxy groups -OCH3 is 1. The van der Waals surface area contributed by atoms with E-state index in [0.717, 1.165) is 5.69 Å². The van der Waals surface area contributed by atoms with Gasteiger partial charge in [0.2, 0.25) is 5.88 Å². The number of aryl methyl sites for hydroxylation is 1. The number of aromatic nitrogens is 2. The maximum atomic E-state index is 5.80. The Kier molecular flexibility index (Phi) is 2.24. The minimum absolute atomic E-state index is 0.103. The molecule has 74 valence electrons. The molecule has 2 N–H and O–H groups in total. The van der Waals surface area contributed by atoms with Crippen LogP contribution < -0.4 is 10.5 Å². The average molecular weight is 183 g/mol. The predicted octanol–water partition coefficient (Wildman–Crippen LogP) is 1.54. The minimum atomic E-state index is -0.103. The molecule has 1 heterocycles. The molecule has 0 saturated carbocycles. The van der Waals surface area contributed by atoms with Gasteiger partial charge in [-0.05, 0) is 27.7 Å². The van der Waals surface area contributed by atoms with E-state index in [9.17, 15) is 0 Å². The van der Waals surface area contributed by atoms with Gasteiger partial charge < -0.3 is 10.5 Å². The summed E-state index contributed by atoms with van der Waals surface area (Å²) in [6.45, 7) is 8.05. The molecule has 4 nitrogen and oxygen atoms in total. The number of hydrogen-bond donors (Lipinski definition) is 1. The van der Waals surface area contributed by atoms with Crippen molar-refractivity contribution in [3.05, 3.63) is 5.69 Å². The van der Waals surface area contributed by atoms with Crippen molar-refractivity contribution in [3.63, 3.8) is 0 Å². The van der Waals surface area contributed by atoms with Crippen LogP contribution in [0.15, 0.2) is 0 Å². The van der Waals surface area contributed by atoms with Crippen molar-refractivity contribution < 1.29 is 4.74 Å². The number of ether oxygens (including phenoxy) is 1. The number of nitrogens with zero attached hydrogens (tertiary/aromatic N) is 2. The van der Waals surface area contributed by atoms with Crippen LogP contribution in [0.25, 0.3) is 0 Å². The number of nitrogens with two attached hydrogens (primary N) is 1. The molecular weight excluding hydrogens is 166 g/mol. The first-order valence-corrected chi connectivity index (χ1v) is 4.27. The Morgan fingerprint density at radius 2 is 1.92 bits per heavy atom. The van der Waals surface area contributed by atoms with Gasteiger partial charge in [0.15, 0.2) is 0 Å². The molecule has 0 bridgehead atoms. The summed E-state index contributed by atoms with van der Waals surface area (Å²) in [5.74, 6) is 0.644. The van der Waals surface area contributed by atoms with Gasteiger partial charge in [0.1, 0.15) is 5.69 Å². The van der Waals surface area contributed by atoms with E-state index in [2.05, 4.69) is 25.9 Å². The van der Waals surface area contributed by atoms with Crippen molar-refractivity contribution in [1.29, 1.82) is 0 Å². The third kappa shape index (κ3) is 1.61. The summed E-state index contributed by atoms with van der Waals surface area (Å²) < 4.78 is 7.00. The first-order valence-electron chi connectivity index (χ1n) is 4.27. The zero-order valence-electron chi connectivity index (χ0n) is 8.88. The van der Waals surface area contributed by atoms with Gasteiger partial charge in [0.05, 0.1) is 18.3 Å². The maximum Gasteiger partial charge on any atom is 0.236 e. The SMILES string of the molecule is COc1c(N)c(C)nn1C(C)(C)C. The Morgan fingerprint density at radius 3 is 2.23 bits per heavy atom. The quantitative estimate of drug-likeness (QED) is 0.718. The zero-order chi connectivity index (χ0) is 10.2. The first kappa shape index (κ1) is 9.89. The van der Waals surface area contributed by atoms with Crippen LogP contribution in [0, 0.1) is 6.92 Å².